The molecule has 0 heterocycles. The fraction of sp³-hybridized carbons (Fsp3) is 0.889. The Morgan fingerprint density at radius 2 is 2.08 bits per heavy atom. The maximum atomic E-state index is 11.0. The number of hydrogen-bond donors (Lipinski definition) is 0. The van der Waals surface area contributed by atoms with Crippen LogP contribution in [-0.4, -0.2) is 37.1 Å². The number of ether oxygens (including phenoxy) is 1. The lowest BCUT2D eigenvalue weighted by Crippen LogP contribution is -2.31. The smallest absolute Gasteiger partial charge is 0.307 e. The van der Waals surface area contributed by atoms with Crippen molar-refractivity contribution >= 4 is 5.97 Å². The summed E-state index contributed by atoms with van der Waals surface area (Å²) in [5.74, 6) is -0.106. The molecule has 0 bridgehead atoms. The Morgan fingerprint density at radius 3 is 2.50 bits per heavy atom. The van der Waals surface area contributed by atoms with Gasteiger partial charge >= 0.3 is 5.97 Å². The monoisotopic (exact) mass is 173 g/mol. The molecule has 0 aromatic heterocycles. The minimum Gasteiger partial charge on any atom is -0.466 e. The van der Waals surface area contributed by atoms with Crippen LogP contribution in [0, 0.1) is 0 Å². The standard InChI is InChI=1S/C9H19NO2/c1-5-10(4)8(3)7-9(11)12-6-2/h8H,5-7H2,1-4H3. The molecule has 0 aliphatic heterocycles. The Balaban J connectivity index is 3.67. The molecule has 3 heteroatoms. The molecule has 0 N–H and O–H groups in total. The van der Waals surface area contributed by atoms with Gasteiger partial charge in [0, 0.05) is 6.04 Å². The molecule has 0 aromatic carbocycles. The van der Waals surface area contributed by atoms with E-state index in [1.54, 1.807) is 0 Å². The summed E-state index contributed by atoms with van der Waals surface area (Å²) in [6.07, 6.45) is 0.484. The third-order valence-electron chi connectivity index (χ3n) is 2.02. The van der Waals surface area contributed by atoms with E-state index in [1.165, 1.54) is 0 Å². The van der Waals surface area contributed by atoms with E-state index < -0.39 is 0 Å². The van der Waals surface area contributed by atoms with Gasteiger partial charge in [0.2, 0.25) is 0 Å². The maximum absolute atomic E-state index is 11.0. The highest BCUT2D eigenvalue weighted by Crippen LogP contribution is 2.01. The summed E-state index contributed by atoms with van der Waals surface area (Å²) in [4.78, 5) is 13.1. The van der Waals surface area contributed by atoms with Crippen LogP contribution in [-0.2, 0) is 9.53 Å². The van der Waals surface area contributed by atoms with Gasteiger partial charge in [-0.2, -0.15) is 0 Å². The van der Waals surface area contributed by atoms with Crippen LogP contribution in [0.25, 0.3) is 0 Å². The minimum atomic E-state index is -0.106. The number of carbonyl (C=O) groups excluding carboxylic acids is 1. The Morgan fingerprint density at radius 1 is 1.50 bits per heavy atom. The van der Waals surface area contributed by atoms with Gasteiger partial charge in [-0.15, -0.1) is 0 Å². The molecule has 0 aliphatic carbocycles. The zero-order chi connectivity index (χ0) is 9.56. The largest absolute Gasteiger partial charge is 0.466 e. The van der Waals surface area contributed by atoms with Crippen molar-refractivity contribution in [1.82, 2.24) is 4.90 Å². The molecule has 1 atom stereocenters. The van der Waals surface area contributed by atoms with Crippen LogP contribution in [0.2, 0.25) is 0 Å². The van der Waals surface area contributed by atoms with Crippen LogP contribution in [0.15, 0.2) is 0 Å². The second-order valence-electron chi connectivity index (χ2n) is 2.93. The normalized spacial score (nSPS) is 13.1. The molecule has 0 rings (SSSR count). The van der Waals surface area contributed by atoms with Crippen molar-refractivity contribution in [1.29, 1.82) is 0 Å². The molecule has 3 nitrogen and oxygen atoms in total. The van der Waals surface area contributed by atoms with Crippen molar-refractivity contribution in [3.8, 4) is 0 Å². The third-order valence-corrected chi connectivity index (χ3v) is 2.02. The van der Waals surface area contributed by atoms with Crippen LogP contribution >= 0.6 is 0 Å². The topological polar surface area (TPSA) is 29.5 Å². The summed E-state index contributed by atoms with van der Waals surface area (Å²) in [7, 11) is 2.00. The van der Waals surface area contributed by atoms with E-state index in [1.807, 2.05) is 20.9 Å². The van der Waals surface area contributed by atoms with Crippen molar-refractivity contribution in [3.63, 3.8) is 0 Å². The lowest BCUT2D eigenvalue weighted by molar-refractivity contribution is -0.144. The van der Waals surface area contributed by atoms with Gasteiger partial charge in [0.05, 0.1) is 13.0 Å². The SMILES string of the molecule is CCOC(=O)CC(C)N(C)CC. The van der Waals surface area contributed by atoms with Crippen molar-refractivity contribution in [3.05, 3.63) is 0 Å². The maximum Gasteiger partial charge on any atom is 0.307 e. The van der Waals surface area contributed by atoms with Crippen LogP contribution in [0.4, 0.5) is 0 Å². The summed E-state index contributed by atoms with van der Waals surface area (Å²) < 4.78 is 4.84. The third kappa shape index (κ3) is 4.34. The van der Waals surface area contributed by atoms with E-state index in [0.717, 1.165) is 6.54 Å². The van der Waals surface area contributed by atoms with Gasteiger partial charge in [0.25, 0.3) is 0 Å². The number of carbonyl (C=O) groups is 1. The highest BCUT2D eigenvalue weighted by molar-refractivity contribution is 5.69. The zero-order valence-electron chi connectivity index (χ0n) is 8.46. The van der Waals surface area contributed by atoms with Crippen LogP contribution in [0.5, 0.6) is 0 Å². The Labute approximate surface area is 74.7 Å². The van der Waals surface area contributed by atoms with Gasteiger partial charge in [-0.25, -0.2) is 0 Å². The Kier molecular flexibility index (Phi) is 5.72. The molecular formula is C9H19NO2. The first kappa shape index (κ1) is 11.4. The van der Waals surface area contributed by atoms with Gasteiger partial charge in [0.15, 0.2) is 0 Å². The van der Waals surface area contributed by atoms with Crippen LogP contribution in [0.3, 0.4) is 0 Å². The number of nitrogens with zero attached hydrogens (tertiary/aromatic N) is 1. The summed E-state index contributed by atoms with van der Waals surface area (Å²) in [6, 6.07) is 0.272. The van der Waals surface area contributed by atoms with Gasteiger partial charge in [-0.3, -0.25) is 4.79 Å². The van der Waals surface area contributed by atoms with Gasteiger partial charge in [-0.05, 0) is 27.4 Å². The van der Waals surface area contributed by atoms with E-state index in [0.29, 0.717) is 13.0 Å². The van der Waals surface area contributed by atoms with Crippen molar-refractivity contribution in [2.24, 2.45) is 0 Å². The Bertz CT molecular complexity index is 136. The summed E-state index contributed by atoms with van der Waals surface area (Å²) >= 11 is 0. The lowest BCUT2D eigenvalue weighted by atomic mass is 10.2. The lowest BCUT2D eigenvalue weighted by Gasteiger charge is -2.21. The highest BCUT2D eigenvalue weighted by Gasteiger charge is 2.12. The molecule has 1 unspecified atom stereocenters. The summed E-state index contributed by atoms with van der Waals surface area (Å²) in [6.45, 7) is 7.36. The first-order chi connectivity index (χ1) is 5.61. The van der Waals surface area contributed by atoms with E-state index in [9.17, 15) is 4.79 Å². The van der Waals surface area contributed by atoms with Crippen molar-refractivity contribution < 1.29 is 9.53 Å². The van der Waals surface area contributed by atoms with E-state index in [4.69, 9.17) is 4.74 Å². The molecule has 0 spiro atoms. The number of esters is 1. The van der Waals surface area contributed by atoms with Gasteiger partial charge in [-0.1, -0.05) is 6.92 Å². The molecule has 0 saturated heterocycles. The fourth-order valence-corrected chi connectivity index (χ4v) is 0.929. The van der Waals surface area contributed by atoms with E-state index in [2.05, 4.69) is 11.8 Å². The molecule has 72 valence electrons. The molecule has 0 amide bonds. The summed E-state index contributed by atoms with van der Waals surface area (Å²) in [5.41, 5.74) is 0. The van der Waals surface area contributed by atoms with Crippen molar-refractivity contribution in [2.75, 3.05) is 20.2 Å². The molecule has 12 heavy (non-hydrogen) atoms. The zero-order valence-corrected chi connectivity index (χ0v) is 8.46. The first-order valence-electron chi connectivity index (χ1n) is 4.47. The summed E-state index contributed by atoms with van der Waals surface area (Å²) in [5, 5.41) is 0. The molecule has 0 fully saturated rings. The first-order valence-corrected chi connectivity index (χ1v) is 4.47. The molecule has 0 aliphatic rings. The highest BCUT2D eigenvalue weighted by atomic mass is 16.5. The van der Waals surface area contributed by atoms with Crippen LogP contribution < -0.4 is 0 Å². The number of rotatable bonds is 5. The Hall–Kier alpha value is -0.570. The second kappa shape index (κ2) is 6.00. The molecule has 0 radical (unpaired) electrons. The van der Waals surface area contributed by atoms with Gasteiger partial charge < -0.3 is 9.64 Å². The average molecular weight is 173 g/mol. The van der Waals surface area contributed by atoms with Crippen LogP contribution in [0.1, 0.15) is 27.2 Å². The number of hydrogen-bond acceptors (Lipinski definition) is 3. The predicted molar refractivity (Wildman–Crippen MR) is 49.0 cm³/mol. The molecule has 0 saturated carbocycles. The van der Waals surface area contributed by atoms with Crippen molar-refractivity contribution in [2.45, 2.75) is 33.2 Å². The predicted octanol–water partition coefficient (Wildman–Crippen LogP) is 1.28. The average Bonchev–Trinajstić information content (AvgIpc) is 2.03. The van der Waals surface area contributed by atoms with E-state index >= 15 is 0 Å². The fourth-order valence-electron chi connectivity index (χ4n) is 0.929. The molecule has 0 aromatic rings. The van der Waals surface area contributed by atoms with E-state index in [-0.39, 0.29) is 12.0 Å². The van der Waals surface area contributed by atoms with Gasteiger partial charge in [0.1, 0.15) is 0 Å². The second-order valence-corrected chi connectivity index (χ2v) is 2.93. The minimum absolute atomic E-state index is 0.106. The molecular weight excluding hydrogens is 154 g/mol. The quantitative estimate of drug-likeness (QED) is 0.586.